The van der Waals surface area contributed by atoms with Crippen molar-refractivity contribution >= 4 is 17.8 Å². The van der Waals surface area contributed by atoms with Gasteiger partial charge in [0.1, 0.15) is 5.75 Å². The van der Waals surface area contributed by atoms with E-state index in [1.807, 2.05) is 48.5 Å². The summed E-state index contributed by atoms with van der Waals surface area (Å²) in [6.45, 7) is 6.72. The first-order valence-corrected chi connectivity index (χ1v) is 11.3. The van der Waals surface area contributed by atoms with E-state index in [2.05, 4.69) is 67.5 Å². The maximum Gasteiger partial charge on any atom is 0.277 e. The third-order valence-electron chi connectivity index (χ3n) is 6.39. The molecule has 3 aromatic rings. The van der Waals surface area contributed by atoms with Crippen molar-refractivity contribution in [3.8, 4) is 16.9 Å². The Kier molecular flexibility index (Phi) is 6.50. The highest BCUT2D eigenvalue weighted by Crippen LogP contribution is 2.42. The number of nitrogens with one attached hydrogen (secondary N) is 1. The summed E-state index contributed by atoms with van der Waals surface area (Å²) in [6.07, 6.45) is 2.77. The highest BCUT2D eigenvalue weighted by Gasteiger charge is 2.33. The quantitative estimate of drug-likeness (QED) is 0.400. The number of amides is 1. The monoisotopic (exact) mass is 441 g/mol. The van der Waals surface area contributed by atoms with Crippen LogP contribution < -0.4 is 15.1 Å². The van der Waals surface area contributed by atoms with Crippen molar-refractivity contribution in [1.29, 1.82) is 0 Å². The van der Waals surface area contributed by atoms with E-state index in [9.17, 15) is 4.79 Å². The summed E-state index contributed by atoms with van der Waals surface area (Å²) in [6, 6.07) is 24.2. The number of hydrogen-bond acceptors (Lipinski definition) is 4. The molecule has 1 atom stereocenters. The van der Waals surface area contributed by atoms with Crippen LogP contribution in [0.4, 0.5) is 5.69 Å². The van der Waals surface area contributed by atoms with E-state index in [0.717, 1.165) is 23.1 Å². The van der Waals surface area contributed by atoms with Crippen molar-refractivity contribution in [2.45, 2.75) is 38.6 Å². The average molecular weight is 442 g/mol. The molecule has 0 radical (unpaired) electrons. The molecular formula is C28H31N3O2. The number of benzene rings is 3. The number of carbonyl (C=O) groups is 1. The van der Waals surface area contributed by atoms with Crippen molar-refractivity contribution in [3.63, 3.8) is 0 Å². The lowest BCUT2D eigenvalue weighted by Gasteiger charge is -2.45. The molecule has 0 bridgehead atoms. The zero-order valence-electron chi connectivity index (χ0n) is 19.7. The molecule has 5 heteroatoms. The van der Waals surface area contributed by atoms with Crippen LogP contribution in [0.5, 0.6) is 5.75 Å². The van der Waals surface area contributed by atoms with Crippen molar-refractivity contribution < 1.29 is 9.53 Å². The first kappa shape index (κ1) is 22.6. The molecule has 4 rings (SSSR count). The molecule has 0 fully saturated rings. The van der Waals surface area contributed by atoms with E-state index in [4.69, 9.17) is 4.74 Å². The number of nitrogens with zero attached hydrogens (tertiary/aromatic N) is 2. The van der Waals surface area contributed by atoms with Gasteiger partial charge >= 0.3 is 0 Å². The molecule has 170 valence electrons. The Balaban J connectivity index is 1.30. The molecule has 1 unspecified atom stereocenters. The van der Waals surface area contributed by atoms with Gasteiger partial charge in [-0.3, -0.25) is 4.79 Å². The van der Waals surface area contributed by atoms with Gasteiger partial charge in [-0.2, -0.15) is 5.10 Å². The van der Waals surface area contributed by atoms with E-state index in [1.165, 1.54) is 11.3 Å². The van der Waals surface area contributed by atoms with Crippen LogP contribution in [0.15, 0.2) is 77.9 Å². The summed E-state index contributed by atoms with van der Waals surface area (Å²) in [5.74, 6) is 0.812. The summed E-state index contributed by atoms with van der Waals surface area (Å²) < 4.78 is 5.59. The predicted molar refractivity (Wildman–Crippen MR) is 135 cm³/mol. The third-order valence-corrected chi connectivity index (χ3v) is 6.39. The number of carbonyl (C=O) groups excluding carboxylic acids is 1. The Hall–Kier alpha value is -3.60. The Morgan fingerprint density at radius 1 is 1.09 bits per heavy atom. The standard InChI is InChI=1S/C28H31N3O2/c1-20-17-28(2,3)31(4)26-15-10-21(16-25(20)26)18-29-30-27(32)19-33-24-13-11-23(12-14-24)22-8-6-5-7-9-22/h5-16,18,20H,17,19H2,1-4H3,(H,30,32)/b29-18+. The smallest absolute Gasteiger partial charge is 0.277 e. The molecule has 0 spiro atoms. The van der Waals surface area contributed by atoms with E-state index >= 15 is 0 Å². The van der Waals surface area contributed by atoms with Crippen LogP contribution in [0.25, 0.3) is 11.1 Å². The van der Waals surface area contributed by atoms with Gasteiger partial charge in [0.05, 0.1) is 6.21 Å². The fourth-order valence-corrected chi connectivity index (χ4v) is 4.41. The summed E-state index contributed by atoms with van der Waals surface area (Å²) in [5, 5.41) is 4.11. The maximum atomic E-state index is 12.1. The van der Waals surface area contributed by atoms with Crippen molar-refractivity contribution in [2.75, 3.05) is 18.6 Å². The van der Waals surface area contributed by atoms with Crippen LogP contribution in [0, 0.1) is 0 Å². The molecule has 5 nitrogen and oxygen atoms in total. The van der Waals surface area contributed by atoms with Gasteiger partial charge in [0.15, 0.2) is 6.61 Å². The second-order valence-corrected chi connectivity index (χ2v) is 9.27. The van der Waals surface area contributed by atoms with Gasteiger partial charge in [0, 0.05) is 18.3 Å². The topological polar surface area (TPSA) is 53.9 Å². The van der Waals surface area contributed by atoms with E-state index < -0.39 is 0 Å². The molecule has 0 saturated heterocycles. The summed E-state index contributed by atoms with van der Waals surface area (Å²) in [5.41, 5.74) is 8.46. The molecule has 1 heterocycles. The molecule has 0 saturated carbocycles. The molecule has 1 N–H and O–H groups in total. The number of rotatable bonds is 6. The molecule has 0 aromatic heterocycles. The number of hydrogen-bond donors (Lipinski definition) is 1. The largest absolute Gasteiger partial charge is 0.484 e. The number of fused-ring (bicyclic) bond motifs is 1. The van der Waals surface area contributed by atoms with E-state index in [0.29, 0.717) is 11.7 Å². The first-order valence-electron chi connectivity index (χ1n) is 11.3. The van der Waals surface area contributed by atoms with Crippen LogP contribution >= 0.6 is 0 Å². The van der Waals surface area contributed by atoms with E-state index in [-0.39, 0.29) is 18.1 Å². The molecule has 3 aromatic carbocycles. The second-order valence-electron chi connectivity index (χ2n) is 9.27. The third kappa shape index (κ3) is 5.25. The van der Waals surface area contributed by atoms with Crippen LogP contribution in [-0.4, -0.2) is 31.3 Å². The normalized spacial score (nSPS) is 17.0. The van der Waals surface area contributed by atoms with Crippen LogP contribution in [0.2, 0.25) is 0 Å². The zero-order chi connectivity index (χ0) is 23.4. The highest BCUT2D eigenvalue weighted by molar-refractivity contribution is 5.84. The van der Waals surface area contributed by atoms with Gasteiger partial charge in [-0.1, -0.05) is 55.5 Å². The molecular weight excluding hydrogens is 410 g/mol. The highest BCUT2D eigenvalue weighted by atomic mass is 16.5. The average Bonchev–Trinajstić information content (AvgIpc) is 2.82. The molecule has 1 aliphatic rings. The number of hydrazone groups is 1. The Labute approximate surface area is 196 Å². The zero-order valence-corrected chi connectivity index (χ0v) is 19.7. The molecule has 33 heavy (non-hydrogen) atoms. The van der Waals surface area contributed by atoms with Gasteiger partial charge in [-0.25, -0.2) is 5.43 Å². The summed E-state index contributed by atoms with van der Waals surface area (Å²) in [4.78, 5) is 14.5. The van der Waals surface area contributed by atoms with Gasteiger partial charge in [-0.15, -0.1) is 0 Å². The molecule has 1 amide bonds. The van der Waals surface area contributed by atoms with Crippen LogP contribution in [0.3, 0.4) is 0 Å². The fourth-order valence-electron chi connectivity index (χ4n) is 4.41. The number of ether oxygens (including phenoxy) is 1. The number of anilines is 1. The van der Waals surface area contributed by atoms with Crippen LogP contribution in [0.1, 0.15) is 44.2 Å². The first-order chi connectivity index (χ1) is 15.8. The minimum Gasteiger partial charge on any atom is -0.484 e. The lowest BCUT2D eigenvalue weighted by molar-refractivity contribution is -0.123. The summed E-state index contributed by atoms with van der Waals surface area (Å²) >= 11 is 0. The summed E-state index contributed by atoms with van der Waals surface area (Å²) in [7, 11) is 2.15. The van der Waals surface area contributed by atoms with Gasteiger partial charge < -0.3 is 9.64 Å². The van der Waals surface area contributed by atoms with Crippen molar-refractivity contribution in [1.82, 2.24) is 5.43 Å². The van der Waals surface area contributed by atoms with Gasteiger partial charge in [0.25, 0.3) is 5.91 Å². The fraction of sp³-hybridized carbons (Fsp3) is 0.286. The van der Waals surface area contributed by atoms with Crippen LogP contribution in [-0.2, 0) is 4.79 Å². The van der Waals surface area contributed by atoms with Gasteiger partial charge in [0.2, 0.25) is 0 Å². The molecule has 1 aliphatic heterocycles. The lowest BCUT2D eigenvalue weighted by Crippen LogP contribution is -2.45. The maximum absolute atomic E-state index is 12.1. The van der Waals surface area contributed by atoms with Crippen molar-refractivity contribution in [2.24, 2.45) is 5.10 Å². The van der Waals surface area contributed by atoms with E-state index in [1.54, 1.807) is 6.21 Å². The molecule has 0 aliphatic carbocycles. The Morgan fingerprint density at radius 2 is 1.79 bits per heavy atom. The Bertz CT molecular complexity index is 1140. The Morgan fingerprint density at radius 3 is 2.52 bits per heavy atom. The SMILES string of the molecule is CC1CC(C)(C)N(C)c2ccc(/C=N/NC(=O)COc3ccc(-c4ccccc4)cc3)cc21. The second kappa shape index (κ2) is 9.49. The van der Waals surface area contributed by atoms with Crippen molar-refractivity contribution in [3.05, 3.63) is 83.9 Å². The predicted octanol–water partition coefficient (Wildman–Crippen LogP) is 5.60. The lowest BCUT2D eigenvalue weighted by atomic mass is 9.80. The minimum absolute atomic E-state index is 0.0941. The van der Waals surface area contributed by atoms with Gasteiger partial charge in [-0.05, 0) is 72.7 Å². The minimum atomic E-state index is -0.300.